The Bertz CT molecular complexity index is 470. The highest BCUT2D eigenvalue weighted by atomic mass is 16.2. The molecule has 1 fully saturated rings. The zero-order valence-electron chi connectivity index (χ0n) is 10.5. The lowest BCUT2D eigenvalue weighted by atomic mass is 9.93. The maximum Gasteiger partial charge on any atom is 0.293 e. The Kier molecular flexibility index (Phi) is 3.31. The van der Waals surface area contributed by atoms with Crippen LogP contribution in [0.5, 0.6) is 0 Å². The van der Waals surface area contributed by atoms with Crippen LogP contribution >= 0.6 is 0 Å². The number of aromatic nitrogens is 3. The standard InChI is InChI=1S/C11H17N5O2/c1-6-3-4-8(9(12)17)5-16(6)11(18)10-13-7(2)14-15-10/h6,8H,3-5H2,1-2H3,(H2,12,17)(H,13,14,15). The Hall–Kier alpha value is -1.92. The van der Waals surface area contributed by atoms with Crippen molar-refractivity contribution in [2.45, 2.75) is 32.7 Å². The molecule has 0 aliphatic carbocycles. The number of hydrogen-bond donors (Lipinski definition) is 2. The molecule has 7 heteroatoms. The topological polar surface area (TPSA) is 105 Å². The van der Waals surface area contributed by atoms with Gasteiger partial charge in [0.25, 0.3) is 5.91 Å². The summed E-state index contributed by atoms with van der Waals surface area (Å²) in [5.74, 6) is -0.146. The van der Waals surface area contributed by atoms with Crippen molar-refractivity contribution in [2.75, 3.05) is 6.54 Å². The second-order valence-corrected chi connectivity index (χ2v) is 4.73. The van der Waals surface area contributed by atoms with Gasteiger partial charge in [-0.15, -0.1) is 5.10 Å². The molecule has 1 saturated heterocycles. The number of piperidine rings is 1. The lowest BCUT2D eigenvalue weighted by Gasteiger charge is -2.36. The fraction of sp³-hybridized carbons (Fsp3) is 0.636. The largest absolute Gasteiger partial charge is 0.369 e. The van der Waals surface area contributed by atoms with E-state index in [1.165, 1.54) is 0 Å². The second kappa shape index (κ2) is 4.75. The first-order valence-electron chi connectivity index (χ1n) is 5.98. The van der Waals surface area contributed by atoms with Crippen LogP contribution in [0.3, 0.4) is 0 Å². The summed E-state index contributed by atoms with van der Waals surface area (Å²) in [5.41, 5.74) is 5.30. The third-order valence-corrected chi connectivity index (χ3v) is 3.33. The summed E-state index contributed by atoms with van der Waals surface area (Å²) in [7, 11) is 0. The summed E-state index contributed by atoms with van der Waals surface area (Å²) in [5, 5.41) is 6.49. The molecule has 0 radical (unpaired) electrons. The van der Waals surface area contributed by atoms with Crippen LogP contribution < -0.4 is 5.73 Å². The summed E-state index contributed by atoms with van der Waals surface area (Å²) in [4.78, 5) is 29.1. The number of carbonyl (C=O) groups is 2. The first-order chi connectivity index (χ1) is 8.49. The van der Waals surface area contributed by atoms with Gasteiger partial charge in [0.2, 0.25) is 11.7 Å². The number of primary amides is 1. The molecule has 1 aliphatic rings. The summed E-state index contributed by atoms with van der Waals surface area (Å²) < 4.78 is 0. The average Bonchev–Trinajstić information content (AvgIpc) is 2.75. The fourth-order valence-electron chi connectivity index (χ4n) is 2.19. The summed E-state index contributed by atoms with van der Waals surface area (Å²) >= 11 is 0. The van der Waals surface area contributed by atoms with Gasteiger partial charge in [-0.2, -0.15) is 0 Å². The summed E-state index contributed by atoms with van der Waals surface area (Å²) in [6.45, 7) is 4.03. The Morgan fingerprint density at radius 3 is 2.72 bits per heavy atom. The van der Waals surface area contributed by atoms with Crippen molar-refractivity contribution < 1.29 is 9.59 Å². The fourth-order valence-corrected chi connectivity index (χ4v) is 2.19. The van der Waals surface area contributed by atoms with Gasteiger partial charge in [0, 0.05) is 12.6 Å². The summed E-state index contributed by atoms with van der Waals surface area (Å²) in [6, 6.07) is 0.0758. The highest BCUT2D eigenvalue weighted by Crippen LogP contribution is 2.22. The molecular formula is C11H17N5O2. The highest BCUT2D eigenvalue weighted by Gasteiger charge is 2.33. The first-order valence-corrected chi connectivity index (χ1v) is 5.98. The zero-order chi connectivity index (χ0) is 13.3. The minimum Gasteiger partial charge on any atom is -0.369 e. The number of hydrogen-bond acceptors (Lipinski definition) is 4. The molecule has 98 valence electrons. The van der Waals surface area contributed by atoms with E-state index >= 15 is 0 Å². The van der Waals surface area contributed by atoms with Crippen molar-refractivity contribution >= 4 is 11.8 Å². The van der Waals surface area contributed by atoms with Crippen molar-refractivity contribution in [3.8, 4) is 0 Å². The first kappa shape index (κ1) is 12.5. The molecule has 2 unspecified atom stereocenters. The lowest BCUT2D eigenvalue weighted by molar-refractivity contribution is -0.123. The van der Waals surface area contributed by atoms with Gasteiger partial charge < -0.3 is 10.6 Å². The number of nitrogens with one attached hydrogen (secondary N) is 1. The van der Waals surface area contributed by atoms with E-state index in [2.05, 4.69) is 15.2 Å². The number of nitrogens with zero attached hydrogens (tertiary/aromatic N) is 3. The SMILES string of the molecule is Cc1nc(C(=O)N2CC(C(N)=O)CCC2C)n[nH]1. The van der Waals surface area contributed by atoms with Gasteiger partial charge in [0.1, 0.15) is 5.82 Å². The predicted octanol–water partition coefficient (Wildman–Crippen LogP) is -0.161. The van der Waals surface area contributed by atoms with Crippen LogP contribution in [0.4, 0.5) is 0 Å². The number of rotatable bonds is 2. The minimum absolute atomic E-state index is 0.0758. The third kappa shape index (κ3) is 2.34. The number of nitrogens with two attached hydrogens (primary N) is 1. The van der Waals surface area contributed by atoms with Crippen LogP contribution in [0.2, 0.25) is 0 Å². The van der Waals surface area contributed by atoms with E-state index < -0.39 is 0 Å². The van der Waals surface area contributed by atoms with Crippen LogP contribution in [-0.4, -0.2) is 44.5 Å². The van der Waals surface area contributed by atoms with E-state index in [-0.39, 0.29) is 29.6 Å². The molecule has 3 N–H and O–H groups in total. The molecule has 0 bridgehead atoms. The van der Waals surface area contributed by atoms with E-state index in [4.69, 9.17) is 5.73 Å². The van der Waals surface area contributed by atoms with Crippen molar-refractivity contribution in [3.05, 3.63) is 11.6 Å². The number of likely N-dealkylation sites (tertiary alicyclic amines) is 1. The predicted molar refractivity (Wildman–Crippen MR) is 63.5 cm³/mol. The monoisotopic (exact) mass is 251 g/mol. The van der Waals surface area contributed by atoms with Crippen LogP contribution in [0.15, 0.2) is 0 Å². The Morgan fingerprint density at radius 1 is 1.44 bits per heavy atom. The molecule has 0 saturated carbocycles. The molecule has 2 amide bonds. The Morgan fingerprint density at radius 2 is 2.17 bits per heavy atom. The average molecular weight is 251 g/mol. The van der Waals surface area contributed by atoms with Gasteiger partial charge >= 0.3 is 0 Å². The van der Waals surface area contributed by atoms with Crippen molar-refractivity contribution in [1.29, 1.82) is 0 Å². The van der Waals surface area contributed by atoms with Gasteiger partial charge in [-0.1, -0.05) is 0 Å². The molecule has 0 aromatic carbocycles. The number of aromatic amines is 1. The molecule has 2 heterocycles. The van der Waals surface area contributed by atoms with E-state index in [9.17, 15) is 9.59 Å². The molecule has 18 heavy (non-hydrogen) atoms. The van der Waals surface area contributed by atoms with E-state index in [0.29, 0.717) is 12.4 Å². The van der Waals surface area contributed by atoms with Gasteiger partial charge in [-0.25, -0.2) is 4.98 Å². The third-order valence-electron chi connectivity index (χ3n) is 3.33. The maximum atomic E-state index is 12.2. The van der Waals surface area contributed by atoms with Crippen molar-refractivity contribution in [1.82, 2.24) is 20.1 Å². The second-order valence-electron chi connectivity index (χ2n) is 4.73. The van der Waals surface area contributed by atoms with E-state index in [1.807, 2.05) is 6.92 Å². The maximum absolute atomic E-state index is 12.2. The zero-order valence-corrected chi connectivity index (χ0v) is 10.5. The number of amides is 2. The Balaban J connectivity index is 2.15. The molecule has 2 atom stereocenters. The molecule has 1 aromatic heterocycles. The van der Waals surface area contributed by atoms with Crippen LogP contribution in [-0.2, 0) is 4.79 Å². The molecule has 7 nitrogen and oxygen atoms in total. The van der Waals surface area contributed by atoms with Crippen LogP contribution in [0.1, 0.15) is 36.2 Å². The quantitative estimate of drug-likeness (QED) is 0.761. The molecular weight excluding hydrogens is 234 g/mol. The summed E-state index contributed by atoms with van der Waals surface area (Å²) in [6.07, 6.45) is 1.50. The van der Waals surface area contributed by atoms with Crippen molar-refractivity contribution in [2.24, 2.45) is 11.7 Å². The van der Waals surface area contributed by atoms with Crippen LogP contribution in [0, 0.1) is 12.8 Å². The number of H-pyrrole nitrogens is 1. The van der Waals surface area contributed by atoms with Crippen LogP contribution in [0.25, 0.3) is 0 Å². The van der Waals surface area contributed by atoms with Gasteiger partial charge in [-0.3, -0.25) is 14.7 Å². The van der Waals surface area contributed by atoms with E-state index in [1.54, 1.807) is 11.8 Å². The smallest absolute Gasteiger partial charge is 0.293 e. The highest BCUT2D eigenvalue weighted by molar-refractivity contribution is 5.91. The number of carbonyl (C=O) groups excluding carboxylic acids is 2. The molecule has 2 rings (SSSR count). The lowest BCUT2D eigenvalue weighted by Crippen LogP contribution is -2.48. The molecule has 1 aromatic rings. The molecule has 0 spiro atoms. The minimum atomic E-state index is -0.356. The number of aryl methyl sites for hydroxylation is 1. The van der Waals surface area contributed by atoms with Gasteiger partial charge in [0.15, 0.2) is 0 Å². The van der Waals surface area contributed by atoms with Gasteiger partial charge in [-0.05, 0) is 26.7 Å². The van der Waals surface area contributed by atoms with E-state index in [0.717, 1.165) is 12.8 Å². The van der Waals surface area contributed by atoms with Gasteiger partial charge in [0.05, 0.1) is 5.92 Å². The Labute approximate surface area is 105 Å². The van der Waals surface area contributed by atoms with Crippen molar-refractivity contribution in [3.63, 3.8) is 0 Å². The molecule has 1 aliphatic heterocycles. The normalized spacial score (nSPS) is 24.0.